The number of amides is 1. The van der Waals surface area contributed by atoms with E-state index in [0.29, 0.717) is 17.8 Å². The Morgan fingerprint density at radius 1 is 1.23 bits per heavy atom. The summed E-state index contributed by atoms with van der Waals surface area (Å²) in [4.78, 5) is 24.8. The Kier molecular flexibility index (Phi) is 8.49. The van der Waals surface area contributed by atoms with Crippen molar-refractivity contribution in [2.75, 3.05) is 43.4 Å². The predicted molar refractivity (Wildman–Crippen MR) is 118 cm³/mol. The van der Waals surface area contributed by atoms with Crippen LogP contribution in [0, 0.1) is 17.7 Å². The van der Waals surface area contributed by atoms with Crippen LogP contribution in [0.3, 0.4) is 0 Å². The molecule has 166 valence electrons. The van der Waals surface area contributed by atoms with Gasteiger partial charge in [0.1, 0.15) is 12.1 Å². The third-order valence-corrected chi connectivity index (χ3v) is 6.51. The number of nitrogens with zero attached hydrogens (tertiary/aromatic N) is 1. The first-order valence-electron chi connectivity index (χ1n) is 11.3. The molecule has 1 aromatic carbocycles. The molecular weight excluding hydrogens is 383 g/mol. The van der Waals surface area contributed by atoms with E-state index in [1.165, 1.54) is 25.3 Å². The van der Waals surface area contributed by atoms with Crippen LogP contribution in [0.2, 0.25) is 0 Å². The molecule has 2 saturated heterocycles. The first-order chi connectivity index (χ1) is 14.6. The number of hydrogen-bond donors (Lipinski definition) is 3. The molecular formula is C23H35FN4O2. The largest absolute Gasteiger partial charge is 0.375 e. The number of halogens is 1. The van der Waals surface area contributed by atoms with Crippen molar-refractivity contribution < 1.29 is 14.0 Å². The summed E-state index contributed by atoms with van der Waals surface area (Å²) in [5.41, 5.74) is 1.19. The summed E-state index contributed by atoms with van der Waals surface area (Å²) in [6.07, 6.45) is 7.51. The van der Waals surface area contributed by atoms with Gasteiger partial charge in [0, 0.05) is 32.2 Å². The van der Waals surface area contributed by atoms with Gasteiger partial charge in [0.15, 0.2) is 0 Å². The molecule has 3 N–H and O–H groups in total. The minimum atomic E-state index is -0.515. The highest BCUT2D eigenvalue weighted by atomic mass is 19.1. The molecule has 2 heterocycles. The first-order valence-corrected chi connectivity index (χ1v) is 11.3. The molecule has 2 fully saturated rings. The third-order valence-electron chi connectivity index (χ3n) is 6.51. The van der Waals surface area contributed by atoms with Crippen LogP contribution >= 0.6 is 0 Å². The molecule has 30 heavy (non-hydrogen) atoms. The van der Waals surface area contributed by atoms with E-state index < -0.39 is 6.04 Å². The summed E-state index contributed by atoms with van der Waals surface area (Å²) in [7, 11) is 1.57. The first kappa shape index (κ1) is 22.5. The maximum absolute atomic E-state index is 14.8. The van der Waals surface area contributed by atoms with Crippen LogP contribution in [0.1, 0.15) is 44.9 Å². The Morgan fingerprint density at radius 3 is 2.57 bits per heavy atom. The number of aldehydes is 1. The fourth-order valence-corrected chi connectivity index (χ4v) is 4.65. The monoisotopic (exact) mass is 418 g/mol. The molecule has 3 rings (SSSR count). The van der Waals surface area contributed by atoms with Crippen molar-refractivity contribution in [3.63, 3.8) is 0 Å². The second kappa shape index (κ2) is 11.3. The second-order valence-electron chi connectivity index (χ2n) is 8.62. The predicted octanol–water partition coefficient (Wildman–Crippen LogP) is 2.94. The van der Waals surface area contributed by atoms with Crippen LogP contribution in [0.15, 0.2) is 18.2 Å². The SMILES string of the molecule is CNC(=O)CCC(C=O)Nc1ccc(N2CCC(CC3CCNCC3)CC2)c(F)c1. The maximum atomic E-state index is 14.8. The molecule has 1 amide bonds. The lowest BCUT2D eigenvalue weighted by Crippen LogP contribution is -2.36. The van der Waals surface area contributed by atoms with Crippen molar-refractivity contribution in [1.29, 1.82) is 0 Å². The average Bonchev–Trinajstić information content (AvgIpc) is 2.78. The molecule has 0 saturated carbocycles. The number of piperidine rings is 2. The summed E-state index contributed by atoms with van der Waals surface area (Å²) in [5.74, 6) is 1.21. The highest BCUT2D eigenvalue weighted by Gasteiger charge is 2.25. The van der Waals surface area contributed by atoms with E-state index in [9.17, 15) is 14.0 Å². The van der Waals surface area contributed by atoms with E-state index in [1.54, 1.807) is 13.1 Å². The number of nitrogens with one attached hydrogen (secondary N) is 3. The van der Waals surface area contributed by atoms with E-state index in [2.05, 4.69) is 20.9 Å². The van der Waals surface area contributed by atoms with E-state index in [-0.39, 0.29) is 18.1 Å². The minimum absolute atomic E-state index is 0.117. The molecule has 0 bridgehead atoms. The Morgan fingerprint density at radius 2 is 1.93 bits per heavy atom. The van der Waals surface area contributed by atoms with Crippen LogP contribution < -0.4 is 20.9 Å². The van der Waals surface area contributed by atoms with Gasteiger partial charge in [-0.05, 0) is 81.6 Å². The number of hydrogen-bond acceptors (Lipinski definition) is 5. The quantitative estimate of drug-likeness (QED) is 0.538. The van der Waals surface area contributed by atoms with Crippen molar-refractivity contribution in [3.8, 4) is 0 Å². The lowest BCUT2D eigenvalue weighted by atomic mass is 9.83. The zero-order chi connectivity index (χ0) is 21.3. The Balaban J connectivity index is 1.50. The minimum Gasteiger partial charge on any atom is -0.375 e. The molecule has 1 unspecified atom stereocenters. The number of anilines is 2. The fourth-order valence-electron chi connectivity index (χ4n) is 4.65. The van der Waals surface area contributed by atoms with Crippen molar-refractivity contribution in [2.24, 2.45) is 11.8 Å². The number of carbonyl (C=O) groups excluding carboxylic acids is 2. The van der Waals surface area contributed by atoms with Crippen LogP contribution in [-0.2, 0) is 9.59 Å². The van der Waals surface area contributed by atoms with Gasteiger partial charge in [0.05, 0.1) is 11.7 Å². The lowest BCUT2D eigenvalue weighted by Gasteiger charge is -2.36. The van der Waals surface area contributed by atoms with Crippen molar-refractivity contribution in [3.05, 3.63) is 24.0 Å². The van der Waals surface area contributed by atoms with Crippen LogP contribution in [0.25, 0.3) is 0 Å². The topological polar surface area (TPSA) is 73.5 Å². The number of benzene rings is 1. The molecule has 1 atom stereocenters. The van der Waals surface area contributed by atoms with Crippen molar-refractivity contribution in [2.45, 2.75) is 51.0 Å². The molecule has 2 aliphatic heterocycles. The molecule has 0 radical (unpaired) electrons. The van der Waals surface area contributed by atoms with Crippen LogP contribution in [-0.4, -0.2) is 51.5 Å². The van der Waals surface area contributed by atoms with E-state index in [0.717, 1.165) is 57.1 Å². The van der Waals surface area contributed by atoms with Crippen molar-refractivity contribution in [1.82, 2.24) is 10.6 Å². The summed E-state index contributed by atoms with van der Waals surface area (Å²) < 4.78 is 14.8. The highest BCUT2D eigenvalue weighted by Crippen LogP contribution is 2.32. The van der Waals surface area contributed by atoms with E-state index >= 15 is 0 Å². The summed E-state index contributed by atoms with van der Waals surface area (Å²) in [6, 6.07) is 4.55. The molecule has 0 aromatic heterocycles. The normalized spacial score (nSPS) is 19.3. The zero-order valence-corrected chi connectivity index (χ0v) is 18.0. The standard InChI is InChI=1S/C23H35FN4O2/c1-25-23(30)5-3-20(16-29)27-19-2-4-22(21(24)15-19)28-12-8-18(9-13-28)14-17-6-10-26-11-7-17/h2,4,15-18,20,26-27H,3,5-14H2,1H3,(H,25,30). The third kappa shape index (κ3) is 6.42. The second-order valence-corrected chi connectivity index (χ2v) is 8.62. The highest BCUT2D eigenvalue weighted by molar-refractivity contribution is 5.76. The lowest BCUT2D eigenvalue weighted by molar-refractivity contribution is -0.120. The molecule has 1 aromatic rings. The summed E-state index contributed by atoms with van der Waals surface area (Å²) >= 11 is 0. The summed E-state index contributed by atoms with van der Waals surface area (Å²) in [5, 5.41) is 8.99. The van der Waals surface area contributed by atoms with Gasteiger partial charge in [0.25, 0.3) is 0 Å². The number of rotatable bonds is 9. The van der Waals surface area contributed by atoms with Gasteiger partial charge in [-0.2, -0.15) is 0 Å². The molecule has 6 nitrogen and oxygen atoms in total. The van der Waals surface area contributed by atoms with Gasteiger partial charge in [-0.25, -0.2) is 4.39 Å². The van der Waals surface area contributed by atoms with Gasteiger partial charge in [0.2, 0.25) is 5.91 Å². The molecule has 0 spiro atoms. The average molecular weight is 419 g/mol. The van der Waals surface area contributed by atoms with Crippen molar-refractivity contribution >= 4 is 23.6 Å². The Labute approximate surface area is 179 Å². The smallest absolute Gasteiger partial charge is 0.219 e. The Bertz CT molecular complexity index is 700. The van der Waals surface area contributed by atoms with E-state index in [1.807, 2.05) is 6.07 Å². The molecule has 0 aliphatic carbocycles. The zero-order valence-electron chi connectivity index (χ0n) is 18.0. The maximum Gasteiger partial charge on any atom is 0.219 e. The molecule has 7 heteroatoms. The van der Waals surface area contributed by atoms with E-state index in [4.69, 9.17) is 0 Å². The van der Waals surface area contributed by atoms with Crippen LogP contribution in [0.5, 0.6) is 0 Å². The molecule has 2 aliphatic rings. The van der Waals surface area contributed by atoms with Crippen LogP contribution in [0.4, 0.5) is 15.8 Å². The van der Waals surface area contributed by atoms with Gasteiger partial charge < -0.3 is 25.6 Å². The van der Waals surface area contributed by atoms with Gasteiger partial charge >= 0.3 is 0 Å². The van der Waals surface area contributed by atoms with Gasteiger partial charge in [-0.15, -0.1) is 0 Å². The fraction of sp³-hybridized carbons (Fsp3) is 0.652. The number of carbonyl (C=O) groups is 2. The van der Waals surface area contributed by atoms with Gasteiger partial charge in [-0.3, -0.25) is 4.79 Å². The van der Waals surface area contributed by atoms with Gasteiger partial charge in [-0.1, -0.05) is 0 Å². The summed E-state index contributed by atoms with van der Waals surface area (Å²) in [6.45, 7) is 4.07. The Hall–Kier alpha value is -2.15.